The van der Waals surface area contributed by atoms with Crippen molar-refractivity contribution < 1.29 is 33.3 Å². The first-order valence-corrected chi connectivity index (χ1v) is 5.64. The molecule has 51 valence electrons. The number of rotatable bonds is 0. The van der Waals surface area contributed by atoms with Crippen molar-refractivity contribution in [2.24, 2.45) is 0 Å². The summed E-state index contributed by atoms with van der Waals surface area (Å²) in [6.07, 6.45) is -0.167. The predicted octanol–water partition coefficient (Wildman–Crippen LogP) is -0.410. The molecule has 0 bridgehead atoms. The van der Waals surface area contributed by atoms with Crippen LogP contribution in [0.3, 0.4) is 0 Å². The van der Waals surface area contributed by atoms with Crippen LogP contribution in [0.25, 0.3) is 0 Å². The van der Waals surface area contributed by atoms with Gasteiger partial charge in [0.05, 0.1) is 0 Å². The van der Waals surface area contributed by atoms with E-state index in [9.17, 15) is 0 Å². The van der Waals surface area contributed by atoms with Gasteiger partial charge < -0.3 is 5.11 Å². The molecule has 0 saturated heterocycles. The Hall–Kier alpha value is 0.208. The predicted molar refractivity (Wildman–Crippen MR) is 20.9 cm³/mol. The van der Waals surface area contributed by atoms with Gasteiger partial charge in [0.25, 0.3) is 0 Å². The minimum absolute atomic E-state index is 0.167. The summed E-state index contributed by atoms with van der Waals surface area (Å²) in [7, 11) is 0. The van der Waals surface area contributed by atoms with Crippen molar-refractivity contribution in [2.45, 2.75) is 20.0 Å². The van der Waals surface area contributed by atoms with Crippen LogP contribution in [-0.2, 0) is 24.4 Å². The van der Waals surface area contributed by atoms with Crippen molar-refractivity contribution in [3.05, 3.63) is 0 Å². The summed E-state index contributed by atoms with van der Waals surface area (Å²) in [5.41, 5.74) is 0. The summed E-state index contributed by atoms with van der Waals surface area (Å²) in [5.74, 6) is 0. The standard InChI is InChI=1S/C3H8O.H2O.2O.W/c1-3(2)4;;;;/h3-4H,1-2H3;1H2;;;/q;;;;+1/p-1. The topological polar surface area (TPSA) is 74.6 Å². The van der Waals surface area contributed by atoms with Crippen LogP contribution in [0.2, 0.25) is 0 Å². The van der Waals surface area contributed by atoms with Gasteiger partial charge in [0.2, 0.25) is 0 Å². The van der Waals surface area contributed by atoms with E-state index in [1.54, 1.807) is 13.8 Å². The van der Waals surface area contributed by atoms with E-state index in [0.717, 1.165) is 0 Å². The van der Waals surface area contributed by atoms with E-state index in [4.69, 9.17) is 15.7 Å². The van der Waals surface area contributed by atoms with E-state index < -0.39 is 17.6 Å². The Bertz CT molecular complexity index is 84.7. The Kier molecular flexibility index (Phi) is 9.97. The van der Waals surface area contributed by atoms with Crippen LogP contribution in [0.1, 0.15) is 13.8 Å². The van der Waals surface area contributed by atoms with Gasteiger partial charge in [-0.15, -0.1) is 0 Å². The van der Waals surface area contributed by atoms with Gasteiger partial charge in [0, 0.05) is 6.10 Å². The van der Waals surface area contributed by atoms with Crippen molar-refractivity contribution in [3.8, 4) is 0 Å². The quantitative estimate of drug-likeness (QED) is 0.637. The Morgan fingerprint density at radius 1 is 1.38 bits per heavy atom. The van der Waals surface area contributed by atoms with E-state index in [0.29, 0.717) is 0 Å². The number of hydrogen-bond acceptors (Lipinski definition) is 3. The van der Waals surface area contributed by atoms with Crippen molar-refractivity contribution in [2.75, 3.05) is 0 Å². The third kappa shape index (κ3) is 3880. The minimum atomic E-state index is -4.03. The third-order valence-electron chi connectivity index (χ3n) is 0. The van der Waals surface area contributed by atoms with Gasteiger partial charge in [-0.25, -0.2) is 0 Å². The van der Waals surface area contributed by atoms with Crippen LogP contribution in [0, 0.1) is 0 Å². The van der Waals surface area contributed by atoms with Crippen LogP contribution < -0.4 is 0 Å². The van der Waals surface area contributed by atoms with Gasteiger partial charge in [-0.1, -0.05) is 0 Å². The molecule has 4 nitrogen and oxygen atoms in total. The van der Waals surface area contributed by atoms with E-state index in [2.05, 4.69) is 0 Å². The summed E-state index contributed by atoms with van der Waals surface area (Å²) >= 11 is -4.03. The summed E-state index contributed by atoms with van der Waals surface area (Å²) in [6, 6.07) is 0. The zero-order chi connectivity index (χ0) is 7.15. The van der Waals surface area contributed by atoms with E-state index >= 15 is 0 Å². The second kappa shape index (κ2) is 7.21. The van der Waals surface area contributed by atoms with Crippen molar-refractivity contribution in [1.82, 2.24) is 0 Å². The van der Waals surface area contributed by atoms with Crippen molar-refractivity contribution in [1.29, 1.82) is 0 Å². The third-order valence-corrected chi connectivity index (χ3v) is 0. The van der Waals surface area contributed by atoms with Gasteiger partial charge in [-0.2, -0.15) is 0 Å². The average molecular weight is 293 g/mol. The molecule has 0 aliphatic heterocycles. The van der Waals surface area contributed by atoms with E-state index in [1.807, 2.05) is 0 Å². The molecule has 0 aromatic carbocycles. The Balaban J connectivity index is 0. The molecule has 0 rings (SSSR count). The Morgan fingerprint density at radius 2 is 1.38 bits per heavy atom. The maximum absolute atomic E-state index is 8.72. The van der Waals surface area contributed by atoms with Gasteiger partial charge in [0.15, 0.2) is 0 Å². The van der Waals surface area contributed by atoms with Gasteiger partial charge >= 0.3 is 28.2 Å². The Morgan fingerprint density at radius 3 is 1.38 bits per heavy atom. The molecule has 0 unspecified atom stereocenters. The first-order chi connectivity index (χ1) is 3.46. The summed E-state index contributed by atoms with van der Waals surface area (Å²) in [5, 5.41) is 8.06. The maximum atomic E-state index is 8.72. The normalized spacial score (nSPS) is 7.62. The second-order valence-electron chi connectivity index (χ2n) is 1.31. The first kappa shape index (κ1) is 11.1. The molecule has 8 heavy (non-hydrogen) atoms. The van der Waals surface area contributed by atoms with Gasteiger partial charge in [-0.05, 0) is 13.8 Å². The zero-order valence-corrected chi connectivity index (χ0v) is 7.63. The average Bonchev–Trinajstić information content (AvgIpc) is 1.25. The van der Waals surface area contributed by atoms with Gasteiger partial charge in [0.1, 0.15) is 0 Å². The molecule has 0 aromatic heterocycles. The molecule has 0 amide bonds. The van der Waals surface area contributed by atoms with Crippen LogP contribution in [0.4, 0.5) is 0 Å². The summed E-state index contributed by atoms with van der Waals surface area (Å²) < 4.78 is 24.6. The molecule has 0 aliphatic carbocycles. The fourth-order valence-electron chi connectivity index (χ4n) is 0. The molecule has 0 aromatic rings. The van der Waals surface area contributed by atoms with Crippen LogP contribution in [0.5, 0.6) is 0 Å². The number of hydrogen-bond donors (Lipinski definition) is 2. The molecule has 0 spiro atoms. The molecular weight excluding hydrogens is 284 g/mol. The number of aliphatic hydroxyl groups excluding tert-OH is 1. The van der Waals surface area contributed by atoms with E-state index in [-0.39, 0.29) is 6.10 Å². The molecule has 0 heterocycles. The monoisotopic (exact) mass is 293 g/mol. The van der Waals surface area contributed by atoms with Crippen molar-refractivity contribution >= 4 is 0 Å². The fraction of sp³-hybridized carbons (Fsp3) is 1.00. The molecule has 0 aliphatic rings. The molecule has 0 saturated carbocycles. The zero-order valence-electron chi connectivity index (χ0n) is 4.70. The number of aliphatic hydroxyl groups is 1. The molecular formula is C3H9O4W. The molecule has 0 fully saturated rings. The summed E-state index contributed by atoms with van der Waals surface area (Å²) in [6.45, 7) is 3.44. The molecule has 0 atom stereocenters. The van der Waals surface area contributed by atoms with Crippen LogP contribution in [0.15, 0.2) is 0 Å². The summed E-state index contributed by atoms with van der Waals surface area (Å²) in [4.78, 5) is 0. The second-order valence-corrected chi connectivity index (χ2v) is 2.87. The van der Waals surface area contributed by atoms with Gasteiger partial charge in [-0.3, -0.25) is 0 Å². The van der Waals surface area contributed by atoms with E-state index in [1.165, 1.54) is 0 Å². The first-order valence-electron chi connectivity index (χ1n) is 1.93. The SMILES string of the molecule is CC(C)O.[O]=[W](=[O])[OH]. The van der Waals surface area contributed by atoms with Crippen molar-refractivity contribution in [3.63, 3.8) is 0 Å². The molecule has 5 heteroatoms. The molecule has 0 radical (unpaired) electrons. The Labute approximate surface area is 53.8 Å². The van der Waals surface area contributed by atoms with Crippen LogP contribution in [-0.4, -0.2) is 15.0 Å². The van der Waals surface area contributed by atoms with Crippen LogP contribution >= 0.6 is 0 Å². The molecule has 2 N–H and O–H groups in total. The fourth-order valence-corrected chi connectivity index (χ4v) is 0.